The Kier molecular flexibility index (Phi) is 8.72. The maximum Gasteiger partial charge on any atom is 0.00768 e. The molecule has 1 fully saturated rings. The van der Waals surface area contributed by atoms with Crippen LogP contribution in [-0.4, -0.2) is 26.2 Å². The van der Waals surface area contributed by atoms with Crippen molar-refractivity contribution in [3.05, 3.63) is 0 Å². The summed E-state index contributed by atoms with van der Waals surface area (Å²) in [7, 11) is 0. The largest absolute Gasteiger partial charge is 0.315 e. The molecule has 0 atom stereocenters. The van der Waals surface area contributed by atoms with Gasteiger partial charge in [-0.1, -0.05) is 39.5 Å². The number of hydrogen-bond acceptors (Lipinski definition) is 2. The zero-order chi connectivity index (χ0) is 12.3. The summed E-state index contributed by atoms with van der Waals surface area (Å²) in [4.78, 5) is 0. The van der Waals surface area contributed by atoms with Gasteiger partial charge in [0.05, 0.1) is 0 Å². The SMILES string of the molecule is CC(C)CCCCCCNCCNCC1CC1. The Bertz CT molecular complexity index is 154. The molecule has 0 aliphatic heterocycles. The predicted octanol–water partition coefficient (Wildman–Crippen LogP) is 3.18. The molecule has 1 saturated carbocycles. The van der Waals surface area contributed by atoms with Crippen molar-refractivity contribution in [1.29, 1.82) is 0 Å². The van der Waals surface area contributed by atoms with Crippen molar-refractivity contribution in [3.8, 4) is 0 Å². The topological polar surface area (TPSA) is 24.1 Å². The van der Waals surface area contributed by atoms with E-state index in [0.717, 1.165) is 24.9 Å². The molecule has 0 aromatic rings. The van der Waals surface area contributed by atoms with E-state index in [-0.39, 0.29) is 0 Å². The molecule has 0 aromatic heterocycles. The van der Waals surface area contributed by atoms with Crippen molar-refractivity contribution in [2.45, 2.75) is 58.8 Å². The van der Waals surface area contributed by atoms with Crippen LogP contribution in [0.15, 0.2) is 0 Å². The van der Waals surface area contributed by atoms with Gasteiger partial charge in [0.2, 0.25) is 0 Å². The molecule has 2 nitrogen and oxygen atoms in total. The van der Waals surface area contributed by atoms with Crippen LogP contribution in [0.1, 0.15) is 58.8 Å². The van der Waals surface area contributed by atoms with Crippen LogP contribution in [0.4, 0.5) is 0 Å². The highest BCUT2D eigenvalue weighted by atomic mass is 14.9. The van der Waals surface area contributed by atoms with Crippen LogP contribution in [0.5, 0.6) is 0 Å². The maximum atomic E-state index is 3.52. The zero-order valence-corrected chi connectivity index (χ0v) is 11.9. The first-order valence-electron chi connectivity index (χ1n) is 7.70. The highest BCUT2D eigenvalue weighted by Crippen LogP contribution is 2.27. The Morgan fingerprint density at radius 1 is 0.882 bits per heavy atom. The van der Waals surface area contributed by atoms with E-state index in [2.05, 4.69) is 24.5 Å². The van der Waals surface area contributed by atoms with Crippen molar-refractivity contribution in [2.24, 2.45) is 11.8 Å². The number of unbranched alkanes of at least 4 members (excludes halogenated alkanes) is 3. The van der Waals surface area contributed by atoms with Crippen LogP contribution < -0.4 is 10.6 Å². The second-order valence-electron chi connectivity index (χ2n) is 5.99. The van der Waals surface area contributed by atoms with E-state index in [0.29, 0.717) is 0 Å². The Hall–Kier alpha value is -0.0800. The molecule has 1 aliphatic carbocycles. The van der Waals surface area contributed by atoms with E-state index in [4.69, 9.17) is 0 Å². The lowest BCUT2D eigenvalue weighted by atomic mass is 10.0. The molecule has 0 bridgehead atoms. The van der Waals surface area contributed by atoms with E-state index in [1.165, 1.54) is 58.0 Å². The number of hydrogen-bond donors (Lipinski definition) is 2. The first kappa shape index (κ1) is 15.0. The number of rotatable bonds is 12. The average molecular weight is 240 g/mol. The fraction of sp³-hybridized carbons (Fsp3) is 1.00. The van der Waals surface area contributed by atoms with E-state index in [9.17, 15) is 0 Å². The Labute approximate surface area is 108 Å². The predicted molar refractivity (Wildman–Crippen MR) is 76.4 cm³/mol. The second kappa shape index (κ2) is 9.90. The summed E-state index contributed by atoms with van der Waals surface area (Å²) in [6, 6.07) is 0. The lowest BCUT2D eigenvalue weighted by Gasteiger charge is -2.06. The summed E-state index contributed by atoms with van der Waals surface area (Å²) in [5, 5.41) is 7.03. The lowest BCUT2D eigenvalue weighted by Crippen LogP contribution is -2.29. The molecule has 0 aromatic carbocycles. The first-order valence-corrected chi connectivity index (χ1v) is 7.70. The van der Waals surface area contributed by atoms with Crippen molar-refractivity contribution in [1.82, 2.24) is 10.6 Å². The summed E-state index contributed by atoms with van der Waals surface area (Å²) >= 11 is 0. The summed E-state index contributed by atoms with van der Waals surface area (Å²) in [5.41, 5.74) is 0. The molecule has 17 heavy (non-hydrogen) atoms. The van der Waals surface area contributed by atoms with Gasteiger partial charge < -0.3 is 10.6 Å². The zero-order valence-electron chi connectivity index (χ0n) is 11.9. The molecule has 0 saturated heterocycles. The van der Waals surface area contributed by atoms with Gasteiger partial charge in [-0.3, -0.25) is 0 Å². The summed E-state index contributed by atoms with van der Waals surface area (Å²) in [6.45, 7) is 9.36. The molecule has 1 rings (SSSR count). The highest BCUT2D eigenvalue weighted by molar-refractivity contribution is 4.75. The standard InChI is InChI=1S/C15H32N2/c1-14(2)7-5-3-4-6-10-16-11-12-17-13-15-8-9-15/h14-17H,3-13H2,1-2H3. The van der Waals surface area contributed by atoms with Gasteiger partial charge in [-0.05, 0) is 44.2 Å². The second-order valence-corrected chi connectivity index (χ2v) is 5.99. The Morgan fingerprint density at radius 3 is 2.29 bits per heavy atom. The minimum atomic E-state index is 0.880. The maximum absolute atomic E-state index is 3.52. The normalized spacial score (nSPS) is 15.7. The fourth-order valence-electron chi connectivity index (χ4n) is 2.09. The lowest BCUT2D eigenvalue weighted by molar-refractivity contribution is 0.509. The smallest absolute Gasteiger partial charge is 0.00768 e. The molecule has 2 N–H and O–H groups in total. The third-order valence-corrected chi connectivity index (χ3v) is 3.49. The molecule has 0 radical (unpaired) electrons. The Morgan fingerprint density at radius 2 is 1.59 bits per heavy atom. The van der Waals surface area contributed by atoms with E-state index < -0.39 is 0 Å². The molecule has 102 valence electrons. The van der Waals surface area contributed by atoms with Crippen molar-refractivity contribution < 1.29 is 0 Å². The fourth-order valence-corrected chi connectivity index (χ4v) is 2.09. The van der Waals surface area contributed by atoms with Crippen LogP contribution >= 0.6 is 0 Å². The average Bonchev–Trinajstić information content (AvgIpc) is 3.09. The monoisotopic (exact) mass is 240 g/mol. The molecular formula is C15H32N2. The molecule has 2 heteroatoms. The van der Waals surface area contributed by atoms with Gasteiger partial charge in [0, 0.05) is 13.1 Å². The summed E-state index contributed by atoms with van der Waals surface area (Å²) in [6.07, 6.45) is 9.89. The van der Waals surface area contributed by atoms with Gasteiger partial charge in [0.15, 0.2) is 0 Å². The van der Waals surface area contributed by atoms with E-state index in [1.54, 1.807) is 0 Å². The molecule has 0 unspecified atom stereocenters. The van der Waals surface area contributed by atoms with Gasteiger partial charge >= 0.3 is 0 Å². The summed E-state index contributed by atoms with van der Waals surface area (Å²) < 4.78 is 0. The van der Waals surface area contributed by atoms with Gasteiger partial charge in [0.25, 0.3) is 0 Å². The van der Waals surface area contributed by atoms with Crippen LogP contribution in [0.25, 0.3) is 0 Å². The van der Waals surface area contributed by atoms with E-state index in [1.807, 2.05) is 0 Å². The van der Waals surface area contributed by atoms with E-state index >= 15 is 0 Å². The van der Waals surface area contributed by atoms with Crippen LogP contribution in [-0.2, 0) is 0 Å². The minimum absolute atomic E-state index is 0.880. The third kappa shape index (κ3) is 10.8. The van der Waals surface area contributed by atoms with Gasteiger partial charge in [-0.15, -0.1) is 0 Å². The minimum Gasteiger partial charge on any atom is -0.315 e. The Balaban J connectivity index is 1.63. The van der Waals surface area contributed by atoms with Crippen molar-refractivity contribution in [3.63, 3.8) is 0 Å². The molecular weight excluding hydrogens is 208 g/mol. The highest BCUT2D eigenvalue weighted by Gasteiger charge is 2.19. The first-order chi connectivity index (χ1) is 8.29. The van der Waals surface area contributed by atoms with Crippen molar-refractivity contribution >= 4 is 0 Å². The van der Waals surface area contributed by atoms with Gasteiger partial charge in [0.1, 0.15) is 0 Å². The third-order valence-electron chi connectivity index (χ3n) is 3.49. The molecule has 0 amide bonds. The quantitative estimate of drug-likeness (QED) is 0.512. The van der Waals surface area contributed by atoms with Gasteiger partial charge in [-0.25, -0.2) is 0 Å². The summed E-state index contributed by atoms with van der Waals surface area (Å²) in [5.74, 6) is 1.89. The van der Waals surface area contributed by atoms with Crippen LogP contribution in [0.3, 0.4) is 0 Å². The number of nitrogens with one attached hydrogen (secondary N) is 2. The van der Waals surface area contributed by atoms with Crippen LogP contribution in [0, 0.1) is 11.8 Å². The molecule has 0 heterocycles. The molecule has 1 aliphatic rings. The van der Waals surface area contributed by atoms with Gasteiger partial charge in [-0.2, -0.15) is 0 Å². The van der Waals surface area contributed by atoms with Crippen molar-refractivity contribution in [2.75, 3.05) is 26.2 Å². The van der Waals surface area contributed by atoms with Crippen LogP contribution in [0.2, 0.25) is 0 Å². The molecule has 0 spiro atoms.